The van der Waals surface area contributed by atoms with Crippen LogP contribution < -0.4 is 11.1 Å². The minimum Gasteiger partial charge on any atom is -0.379 e. The van der Waals surface area contributed by atoms with Gasteiger partial charge in [-0.1, -0.05) is 0 Å². The van der Waals surface area contributed by atoms with Gasteiger partial charge in [0.1, 0.15) is 6.33 Å². The number of anilines is 1. The van der Waals surface area contributed by atoms with E-state index in [2.05, 4.69) is 30.5 Å². The number of hydrogen-bond acceptors (Lipinski definition) is 7. The smallest absolute Gasteiger partial charge is 0.278 e. The van der Waals surface area contributed by atoms with E-state index in [1.807, 2.05) is 0 Å². The number of nitrogens with zero attached hydrogens (tertiary/aromatic N) is 5. The van der Waals surface area contributed by atoms with Gasteiger partial charge in [0, 0.05) is 7.05 Å². The summed E-state index contributed by atoms with van der Waals surface area (Å²) in [6, 6.07) is -0.328. The molecule has 2 heterocycles. The molecular formula is C8H11N7O2. The van der Waals surface area contributed by atoms with Crippen molar-refractivity contribution >= 4 is 11.7 Å². The number of nitrogen functional groups attached to an aromatic ring is 1. The highest BCUT2D eigenvalue weighted by Crippen LogP contribution is 2.10. The Morgan fingerprint density at radius 2 is 2.35 bits per heavy atom. The second-order valence-electron chi connectivity index (χ2n) is 3.49. The summed E-state index contributed by atoms with van der Waals surface area (Å²) < 4.78 is 6.05. The monoisotopic (exact) mass is 237 g/mol. The minimum atomic E-state index is -0.473. The van der Waals surface area contributed by atoms with Gasteiger partial charge in [0.25, 0.3) is 5.91 Å². The molecule has 0 fully saturated rings. The van der Waals surface area contributed by atoms with Crippen molar-refractivity contribution in [2.75, 3.05) is 5.73 Å². The van der Waals surface area contributed by atoms with Crippen LogP contribution in [0, 0.1) is 0 Å². The lowest BCUT2D eigenvalue weighted by atomic mass is 10.3. The normalized spacial score (nSPS) is 12.4. The van der Waals surface area contributed by atoms with Crippen LogP contribution in [-0.2, 0) is 7.05 Å². The summed E-state index contributed by atoms with van der Waals surface area (Å²) in [5.74, 6) is 0.0975. The zero-order chi connectivity index (χ0) is 12.4. The Bertz CT molecular complexity index is 531. The largest absolute Gasteiger partial charge is 0.379 e. The molecule has 0 radical (unpaired) electrons. The van der Waals surface area contributed by atoms with Gasteiger partial charge in [-0.25, -0.2) is 4.63 Å². The number of nitrogens with two attached hydrogens (primary N) is 1. The van der Waals surface area contributed by atoms with E-state index in [0.717, 1.165) is 0 Å². The van der Waals surface area contributed by atoms with E-state index >= 15 is 0 Å². The van der Waals surface area contributed by atoms with Gasteiger partial charge in [0.15, 0.2) is 5.82 Å². The lowest BCUT2D eigenvalue weighted by Crippen LogP contribution is -2.29. The Labute approximate surface area is 96.0 Å². The highest BCUT2D eigenvalue weighted by Gasteiger charge is 2.20. The fraction of sp³-hybridized carbons (Fsp3) is 0.375. The van der Waals surface area contributed by atoms with Gasteiger partial charge < -0.3 is 15.6 Å². The van der Waals surface area contributed by atoms with E-state index < -0.39 is 5.91 Å². The van der Waals surface area contributed by atoms with Crippen molar-refractivity contribution in [3.63, 3.8) is 0 Å². The first kappa shape index (κ1) is 11.0. The zero-order valence-electron chi connectivity index (χ0n) is 9.28. The van der Waals surface area contributed by atoms with Gasteiger partial charge in [0.05, 0.1) is 6.04 Å². The first-order chi connectivity index (χ1) is 8.09. The first-order valence-corrected chi connectivity index (χ1v) is 4.82. The summed E-state index contributed by atoms with van der Waals surface area (Å²) in [5, 5.41) is 17.0. The molecule has 9 heteroatoms. The number of hydrogen-bond donors (Lipinski definition) is 2. The fourth-order valence-electron chi connectivity index (χ4n) is 1.37. The Morgan fingerprint density at radius 3 is 2.88 bits per heavy atom. The molecule has 2 aromatic rings. The molecule has 90 valence electrons. The SMILES string of the molecule is CC(NC(=O)c1nonc1N)c1nncn1C. The van der Waals surface area contributed by atoms with Gasteiger partial charge in [-0.3, -0.25) is 4.79 Å². The van der Waals surface area contributed by atoms with E-state index in [-0.39, 0.29) is 17.6 Å². The highest BCUT2D eigenvalue weighted by molar-refractivity contribution is 5.96. The van der Waals surface area contributed by atoms with Crippen LogP contribution >= 0.6 is 0 Å². The summed E-state index contributed by atoms with van der Waals surface area (Å²) in [7, 11) is 1.78. The second kappa shape index (κ2) is 4.20. The lowest BCUT2D eigenvalue weighted by molar-refractivity contribution is 0.0928. The van der Waals surface area contributed by atoms with E-state index in [0.29, 0.717) is 5.82 Å². The summed E-state index contributed by atoms with van der Waals surface area (Å²) >= 11 is 0. The number of aromatic nitrogens is 5. The third-order valence-electron chi connectivity index (χ3n) is 2.21. The Morgan fingerprint density at radius 1 is 1.59 bits per heavy atom. The van der Waals surface area contributed by atoms with Crippen molar-refractivity contribution in [1.82, 2.24) is 30.4 Å². The van der Waals surface area contributed by atoms with Crippen molar-refractivity contribution < 1.29 is 9.42 Å². The Balaban J connectivity index is 2.10. The van der Waals surface area contributed by atoms with Gasteiger partial charge >= 0.3 is 0 Å². The molecule has 0 aromatic carbocycles. The van der Waals surface area contributed by atoms with Gasteiger partial charge in [0.2, 0.25) is 11.5 Å². The average molecular weight is 237 g/mol. The molecule has 17 heavy (non-hydrogen) atoms. The maximum absolute atomic E-state index is 11.7. The third kappa shape index (κ3) is 2.07. The van der Waals surface area contributed by atoms with Crippen LogP contribution in [0.4, 0.5) is 5.82 Å². The zero-order valence-corrected chi connectivity index (χ0v) is 9.28. The Hall–Kier alpha value is -2.45. The summed E-state index contributed by atoms with van der Waals surface area (Å²) in [4.78, 5) is 11.7. The number of aryl methyl sites for hydroxylation is 1. The maximum Gasteiger partial charge on any atom is 0.278 e. The molecule has 0 saturated carbocycles. The molecule has 0 saturated heterocycles. The number of amides is 1. The molecule has 0 aliphatic rings. The lowest BCUT2D eigenvalue weighted by Gasteiger charge is -2.11. The topological polar surface area (TPSA) is 125 Å². The molecule has 1 unspecified atom stereocenters. The van der Waals surface area contributed by atoms with Crippen molar-refractivity contribution in [1.29, 1.82) is 0 Å². The van der Waals surface area contributed by atoms with Gasteiger partial charge in [-0.05, 0) is 17.2 Å². The van der Waals surface area contributed by atoms with Crippen molar-refractivity contribution in [3.8, 4) is 0 Å². The van der Waals surface area contributed by atoms with Crippen LogP contribution in [0.5, 0.6) is 0 Å². The third-order valence-corrected chi connectivity index (χ3v) is 2.21. The molecule has 2 rings (SSSR count). The number of carbonyl (C=O) groups is 1. The number of carbonyl (C=O) groups excluding carboxylic acids is 1. The molecule has 9 nitrogen and oxygen atoms in total. The predicted octanol–water partition coefficient (Wildman–Crippen LogP) is -0.729. The van der Waals surface area contributed by atoms with Crippen LogP contribution in [0.25, 0.3) is 0 Å². The summed E-state index contributed by atoms with van der Waals surface area (Å²) in [5.41, 5.74) is 5.36. The molecular weight excluding hydrogens is 226 g/mol. The van der Waals surface area contributed by atoms with Crippen molar-refractivity contribution in [2.24, 2.45) is 7.05 Å². The fourth-order valence-corrected chi connectivity index (χ4v) is 1.37. The highest BCUT2D eigenvalue weighted by atomic mass is 16.6. The van der Waals surface area contributed by atoms with E-state index in [9.17, 15) is 4.79 Å². The summed E-state index contributed by atoms with van der Waals surface area (Å²) in [6.45, 7) is 1.77. The molecule has 1 atom stereocenters. The van der Waals surface area contributed by atoms with Crippen molar-refractivity contribution in [3.05, 3.63) is 17.8 Å². The molecule has 0 aliphatic heterocycles. The van der Waals surface area contributed by atoms with E-state index in [1.54, 1.807) is 24.9 Å². The van der Waals surface area contributed by atoms with Gasteiger partial charge in [-0.2, -0.15) is 0 Å². The van der Waals surface area contributed by atoms with Crippen molar-refractivity contribution in [2.45, 2.75) is 13.0 Å². The quantitative estimate of drug-likeness (QED) is 0.720. The number of nitrogens with one attached hydrogen (secondary N) is 1. The first-order valence-electron chi connectivity index (χ1n) is 4.82. The molecule has 1 amide bonds. The molecule has 0 spiro atoms. The molecule has 0 aliphatic carbocycles. The van der Waals surface area contributed by atoms with E-state index in [1.165, 1.54) is 0 Å². The maximum atomic E-state index is 11.7. The standard InChI is InChI=1S/C8H11N7O2/c1-4(7-12-10-3-15(7)2)11-8(16)5-6(9)14-17-13-5/h3-4H,1-2H3,(H2,9,14)(H,11,16). The predicted molar refractivity (Wildman–Crippen MR) is 55.6 cm³/mol. The van der Waals surface area contributed by atoms with Gasteiger partial charge in [-0.15, -0.1) is 10.2 Å². The second-order valence-corrected chi connectivity index (χ2v) is 3.49. The molecule has 0 bridgehead atoms. The summed E-state index contributed by atoms with van der Waals surface area (Å²) in [6.07, 6.45) is 1.55. The Kier molecular flexibility index (Phi) is 2.73. The van der Waals surface area contributed by atoms with Crippen LogP contribution in [0.3, 0.4) is 0 Å². The van der Waals surface area contributed by atoms with Crippen LogP contribution in [0.1, 0.15) is 29.3 Å². The van der Waals surface area contributed by atoms with Crippen LogP contribution in [0.15, 0.2) is 11.0 Å². The molecule has 3 N–H and O–H groups in total. The average Bonchev–Trinajstić information content (AvgIpc) is 2.86. The van der Waals surface area contributed by atoms with Crippen LogP contribution in [0.2, 0.25) is 0 Å². The van der Waals surface area contributed by atoms with E-state index in [4.69, 9.17) is 5.73 Å². The van der Waals surface area contributed by atoms with Crippen LogP contribution in [-0.4, -0.2) is 31.0 Å². The number of rotatable bonds is 3. The molecule has 2 aromatic heterocycles. The minimum absolute atomic E-state index is 0.0426.